The number of urea groups is 1. The molecule has 10 heteroatoms. The Kier molecular flexibility index (Phi) is 4.74. The van der Waals surface area contributed by atoms with E-state index in [2.05, 4.69) is 15.1 Å². The van der Waals surface area contributed by atoms with E-state index < -0.39 is 23.9 Å². The van der Waals surface area contributed by atoms with Gasteiger partial charge in [0.1, 0.15) is 5.75 Å². The second kappa shape index (κ2) is 6.73. The predicted octanol–water partition coefficient (Wildman–Crippen LogP) is 2.29. The maximum atomic E-state index is 12.6. The van der Waals surface area contributed by atoms with Gasteiger partial charge in [0.25, 0.3) is 0 Å². The third-order valence-corrected chi connectivity index (χ3v) is 2.42. The summed E-state index contributed by atoms with van der Waals surface area (Å²) in [6, 6.07) is 5.69. The number of nitrogens with zero attached hydrogens (tertiary/aromatic N) is 3. The van der Waals surface area contributed by atoms with Crippen LogP contribution in [0.1, 0.15) is 11.3 Å². The maximum Gasteiger partial charge on any atom is 0.433 e. The highest BCUT2D eigenvalue weighted by atomic mass is 19.4. The molecule has 0 aliphatic heterocycles. The molecule has 0 unspecified atom stereocenters. The minimum Gasteiger partial charge on any atom is -0.424 e. The van der Waals surface area contributed by atoms with Crippen LogP contribution in [-0.2, 0) is 6.18 Å². The first-order valence-electron chi connectivity index (χ1n) is 6.12. The number of ether oxygens (including phenoxy) is 1. The minimum absolute atomic E-state index is 0.154. The molecule has 3 N–H and O–H groups in total. The standard InChI is InChI=1S/C13H10F3N5O2/c14-13(15,16)10-5-6-18-12(20-10)23-9-4-2-1-3-8(9)7-19-21-11(17)22/h1-7H,(H3,17,21,22). The van der Waals surface area contributed by atoms with Crippen molar-refractivity contribution >= 4 is 12.2 Å². The number of carbonyl (C=O) groups is 1. The third kappa shape index (κ3) is 4.66. The molecule has 2 amide bonds. The average Bonchev–Trinajstić information content (AvgIpc) is 2.48. The number of rotatable bonds is 4. The number of hydrazone groups is 1. The monoisotopic (exact) mass is 325 g/mol. The smallest absolute Gasteiger partial charge is 0.424 e. The largest absolute Gasteiger partial charge is 0.433 e. The van der Waals surface area contributed by atoms with Crippen molar-refractivity contribution in [3.63, 3.8) is 0 Å². The fourth-order valence-corrected chi connectivity index (χ4v) is 1.49. The Morgan fingerprint density at radius 1 is 1.30 bits per heavy atom. The summed E-state index contributed by atoms with van der Waals surface area (Å²) >= 11 is 0. The van der Waals surface area contributed by atoms with E-state index in [4.69, 9.17) is 10.5 Å². The SMILES string of the molecule is NC(=O)NN=Cc1ccccc1Oc1nccc(C(F)(F)F)n1. The lowest BCUT2D eigenvalue weighted by Gasteiger charge is -2.09. The van der Waals surface area contributed by atoms with Crippen LogP contribution in [0.5, 0.6) is 11.8 Å². The molecular weight excluding hydrogens is 315 g/mol. The highest BCUT2D eigenvalue weighted by Crippen LogP contribution is 2.29. The molecule has 0 bridgehead atoms. The molecule has 0 aliphatic carbocycles. The zero-order valence-corrected chi connectivity index (χ0v) is 11.4. The Bertz CT molecular complexity index is 734. The van der Waals surface area contributed by atoms with Crippen LogP contribution in [0.4, 0.5) is 18.0 Å². The molecule has 1 aromatic heterocycles. The molecule has 23 heavy (non-hydrogen) atoms. The maximum absolute atomic E-state index is 12.6. The summed E-state index contributed by atoms with van der Waals surface area (Å²) in [6.07, 6.45) is -2.45. The van der Waals surface area contributed by atoms with E-state index in [-0.39, 0.29) is 5.75 Å². The van der Waals surface area contributed by atoms with Crippen LogP contribution in [0.2, 0.25) is 0 Å². The van der Waals surface area contributed by atoms with E-state index in [0.717, 1.165) is 12.3 Å². The number of aromatic nitrogens is 2. The average molecular weight is 325 g/mol. The van der Waals surface area contributed by atoms with Gasteiger partial charge in [-0.3, -0.25) is 0 Å². The van der Waals surface area contributed by atoms with Gasteiger partial charge >= 0.3 is 18.2 Å². The van der Waals surface area contributed by atoms with E-state index >= 15 is 0 Å². The van der Waals surface area contributed by atoms with E-state index in [1.54, 1.807) is 18.2 Å². The van der Waals surface area contributed by atoms with Gasteiger partial charge in [-0.25, -0.2) is 15.2 Å². The Morgan fingerprint density at radius 3 is 2.74 bits per heavy atom. The van der Waals surface area contributed by atoms with Gasteiger partial charge in [-0.05, 0) is 18.2 Å². The summed E-state index contributed by atoms with van der Waals surface area (Å²) in [4.78, 5) is 17.5. The lowest BCUT2D eigenvalue weighted by atomic mass is 10.2. The van der Waals surface area contributed by atoms with Gasteiger partial charge in [-0.15, -0.1) is 0 Å². The molecule has 0 spiro atoms. The van der Waals surface area contributed by atoms with E-state index in [1.807, 2.05) is 5.43 Å². The molecule has 0 saturated carbocycles. The molecule has 7 nitrogen and oxygen atoms in total. The van der Waals surface area contributed by atoms with Crippen molar-refractivity contribution in [3.05, 3.63) is 47.8 Å². The topological polar surface area (TPSA) is 102 Å². The first-order chi connectivity index (χ1) is 10.9. The van der Waals surface area contributed by atoms with Gasteiger partial charge in [0.05, 0.1) is 6.21 Å². The normalized spacial score (nSPS) is 11.4. The van der Waals surface area contributed by atoms with Crippen molar-refractivity contribution in [2.45, 2.75) is 6.18 Å². The van der Waals surface area contributed by atoms with Crippen molar-refractivity contribution in [3.8, 4) is 11.8 Å². The Labute approximate surface area is 128 Å². The van der Waals surface area contributed by atoms with Crippen LogP contribution >= 0.6 is 0 Å². The fraction of sp³-hybridized carbons (Fsp3) is 0.0769. The lowest BCUT2D eigenvalue weighted by molar-refractivity contribution is -0.141. The summed E-state index contributed by atoms with van der Waals surface area (Å²) in [5, 5.41) is 3.55. The third-order valence-electron chi connectivity index (χ3n) is 2.42. The first kappa shape index (κ1) is 16.2. The second-order valence-corrected chi connectivity index (χ2v) is 4.10. The molecule has 2 rings (SSSR count). The number of carbonyl (C=O) groups excluding carboxylic acids is 1. The van der Waals surface area contributed by atoms with Gasteiger partial charge in [0, 0.05) is 11.8 Å². The molecule has 0 radical (unpaired) electrons. The van der Waals surface area contributed by atoms with Crippen molar-refractivity contribution in [1.82, 2.24) is 15.4 Å². The van der Waals surface area contributed by atoms with Crippen LogP contribution < -0.4 is 15.9 Å². The Balaban J connectivity index is 2.24. The van der Waals surface area contributed by atoms with Crippen molar-refractivity contribution in [2.24, 2.45) is 10.8 Å². The number of nitrogens with two attached hydrogens (primary N) is 1. The number of nitrogens with one attached hydrogen (secondary N) is 1. The highest BCUT2D eigenvalue weighted by molar-refractivity contribution is 5.84. The number of amides is 2. The van der Waals surface area contributed by atoms with Crippen LogP contribution in [0.3, 0.4) is 0 Å². The van der Waals surface area contributed by atoms with Crippen molar-refractivity contribution in [2.75, 3.05) is 0 Å². The molecule has 0 atom stereocenters. The number of benzene rings is 1. The summed E-state index contributed by atoms with van der Waals surface area (Å²) < 4.78 is 43.1. The molecule has 0 saturated heterocycles. The molecule has 0 aliphatic rings. The first-order valence-corrected chi connectivity index (χ1v) is 6.12. The van der Waals surface area contributed by atoms with Crippen LogP contribution in [0.15, 0.2) is 41.6 Å². The molecule has 120 valence electrons. The van der Waals surface area contributed by atoms with Crippen molar-refractivity contribution < 1.29 is 22.7 Å². The van der Waals surface area contributed by atoms with E-state index in [1.165, 1.54) is 12.3 Å². The number of hydrogen-bond acceptors (Lipinski definition) is 5. The van der Waals surface area contributed by atoms with Crippen molar-refractivity contribution in [1.29, 1.82) is 0 Å². The van der Waals surface area contributed by atoms with Gasteiger partial charge in [0.2, 0.25) is 0 Å². The predicted molar refractivity (Wildman–Crippen MR) is 73.9 cm³/mol. The van der Waals surface area contributed by atoms with Crippen LogP contribution in [0, 0.1) is 0 Å². The molecule has 1 heterocycles. The summed E-state index contributed by atoms with van der Waals surface area (Å²) in [5.74, 6) is 0.154. The lowest BCUT2D eigenvalue weighted by Crippen LogP contribution is -2.24. The van der Waals surface area contributed by atoms with Gasteiger partial charge in [0.15, 0.2) is 5.69 Å². The molecule has 2 aromatic rings. The zero-order chi connectivity index (χ0) is 16.9. The van der Waals surface area contributed by atoms with Crippen LogP contribution in [0.25, 0.3) is 0 Å². The molecule has 0 fully saturated rings. The highest BCUT2D eigenvalue weighted by Gasteiger charge is 2.33. The Hall–Kier alpha value is -3.17. The number of primary amides is 1. The minimum atomic E-state index is -4.60. The number of hydrogen-bond donors (Lipinski definition) is 2. The quantitative estimate of drug-likeness (QED) is 0.665. The number of para-hydroxylation sites is 1. The van der Waals surface area contributed by atoms with E-state index in [9.17, 15) is 18.0 Å². The summed E-state index contributed by atoms with van der Waals surface area (Å²) in [5.41, 5.74) is 6.10. The Morgan fingerprint density at radius 2 is 2.04 bits per heavy atom. The molecule has 1 aromatic carbocycles. The van der Waals surface area contributed by atoms with Gasteiger partial charge in [-0.2, -0.15) is 23.3 Å². The van der Waals surface area contributed by atoms with Crippen LogP contribution in [-0.4, -0.2) is 22.2 Å². The van der Waals surface area contributed by atoms with E-state index in [0.29, 0.717) is 5.56 Å². The second-order valence-electron chi connectivity index (χ2n) is 4.10. The summed E-state index contributed by atoms with van der Waals surface area (Å²) in [7, 11) is 0. The number of alkyl halides is 3. The number of halogens is 3. The zero-order valence-electron chi connectivity index (χ0n) is 11.4. The molecular formula is C13H10F3N5O2. The summed E-state index contributed by atoms with van der Waals surface area (Å²) in [6.45, 7) is 0. The fourth-order valence-electron chi connectivity index (χ4n) is 1.49. The van der Waals surface area contributed by atoms with Gasteiger partial charge in [-0.1, -0.05) is 12.1 Å². The van der Waals surface area contributed by atoms with Gasteiger partial charge < -0.3 is 10.5 Å².